The number of fused-ring (bicyclic) bond motifs is 1. The second-order valence-corrected chi connectivity index (χ2v) is 4.26. The van der Waals surface area contributed by atoms with Crippen LogP contribution in [0.25, 0.3) is 10.9 Å². The molecular formula is C15H15NO6. The van der Waals surface area contributed by atoms with E-state index < -0.39 is 11.9 Å². The van der Waals surface area contributed by atoms with Gasteiger partial charge >= 0.3 is 11.9 Å². The molecular weight excluding hydrogens is 290 g/mol. The largest absolute Gasteiger partial charge is 0.493 e. The SMILES string of the molecule is COC(=O)c1cc(C(=O)OC)c2cc(OC)c(OC)cc2n1. The van der Waals surface area contributed by atoms with Gasteiger partial charge in [0.15, 0.2) is 11.5 Å². The van der Waals surface area contributed by atoms with Gasteiger partial charge in [-0.2, -0.15) is 0 Å². The predicted octanol–water partition coefficient (Wildman–Crippen LogP) is 1.83. The summed E-state index contributed by atoms with van der Waals surface area (Å²) in [5.41, 5.74) is 0.581. The Hall–Kier alpha value is -2.83. The minimum atomic E-state index is -0.651. The first-order chi connectivity index (χ1) is 10.5. The van der Waals surface area contributed by atoms with Gasteiger partial charge in [-0.25, -0.2) is 14.6 Å². The number of rotatable bonds is 4. The van der Waals surface area contributed by atoms with Crippen molar-refractivity contribution in [2.24, 2.45) is 0 Å². The molecule has 0 aliphatic rings. The molecule has 2 aromatic rings. The van der Waals surface area contributed by atoms with Gasteiger partial charge in [-0.15, -0.1) is 0 Å². The van der Waals surface area contributed by atoms with E-state index in [9.17, 15) is 9.59 Å². The molecule has 2 rings (SSSR count). The molecule has 1 heterocycles. The van der Waals surface area contributed by atoms with E-state index in [-0.39, 0.29) is 11.3 Å². The van der Waals surface area contributed by atoms with Crippen LogP contribution in [-0.4, -0.2) is 45.4 Å². The van der Waals surface area contributed by atoms with Crippen molar-refractivity contribution < 1.29 is 28.5 Å². The molecule has 0 fully saturated rings. The molecule has 0 N–H and O–H groups in total. The van der Waals surface area contributed by atoms with Crippen molar-refractivity contribution in [1.29, 1.82) is 0 Å². The first kappa shape index (κ1) is 15.6. The fraction of sp³-hybridized carbons (Fsp3) is 0.267. The van der Waals surface area contributed by atoms with Gasteiger partial charge in [0.05, 0.1) is 39.5 Å². The number of methoxy groups -OCH3 is 4. The molecule has 0 unspecified atom stereocenters. The number of carbonyl (C=O) groups excluding carboxylic acids is 2. The summed E-state index contributed by atoms with van der Waals surface area (Å²) in [6.45, 7) is 0. The monoisotopic (exact) mass is 305 g/mol. The van der Waals surface area contributed by atoms with Gasteiger partial charge in [-0.3, -0.25) is 0 Å². The summed E-state index contributed by atoms with van der Waals surface area (Å²) in [6.07, 6.45) is 0. The maximum absolute atomic E-state index is 12.0. The lowest BCUT2D eigenvalue weighted by Crippen LogP contribution is -2.10. The molecule has 0 atom stereocenters. The summed E-state index contributed by atoms with van der Waals surface area (Å²) in [7, 11) is 5.46. The van der Waals surface area contributed by atoms with E-state index in [2.05, 4.69) is 9.72 Å². The molecule has 7 heteroatoms. The Morgan fingerprint density at radius 3 is 2.00 bits per heavy atom. The summed E-state index contributed by atoms with van der Waals surface area (Å²) >= 11 is 0. The maximum atomic E-state index is 12.0. The molecule has 116 valence electrons. The van der Waals surface area contributed by atoms with E-state index in [1.54, 1.807) is 12.1 Å². The number of aromatic nitrogens is 1. The number of hydrogen-bond donors (Lipinski definition) is 0. The van der Waals surface area contributed by atoms with Crippen LogP contribution in [0.4, 0.5) is 0 Å². The van der Waals surface area contributed by atoms with E-state index in [0.29, 0.717) is 22.4 Å². The number of carbonyl (C=O) groups is 2. The average Bonchev–Trinajstić information content (AvgIpc) is 2.57. The number of nitrogens with zero attached hydrogens (tertiary/aromatic N) is 1. The molecule has 0 aliphatic carbocycles. The van der Waals surface area contributed by atoms with Gasteiger partial charge in [0, 0.05) is 11.5 Å². The third-order valence-electron chi connectivity index (χ3n) is 3.11. The van der Waals surface area contributed by atoms with Crippen LogP contribution in [0.1, 0.15) is 20.8 Å². The zero-order chi connectivity index (χ0) is 16.3. The fourth-order valence-electron chi connectivity index (χ4n) is 2.04. The van der Waals surface area contributed by atoms with Gasteiger partial charge in [-0.1, -0.05) is 0 Å². The lowest BCUT2D eigenvalue weighted by molar-refractivity contribution is 0.0594. The van der Waals surface area contributed by atoms with Crippen LogP contribution < -0.4 is 9.47 Å². The molecule has 0 bridgehead atoms. The molecule has 0 radical (unpaired) electrons. The van der Waals surface area contributed by atoms with Crippen LogP contribution in [0.15, 0.2) is 18.2 Å². The van der Waals surface area contributed by atoms with Crippen LogP contribution in [0.3, 0.4) is 0 Å². The summed E-state index contributed by atoms with van der Waals surface area (Å²) < 4.78 is 19.8. The van der Waals surface area contributed by atoms with Gasteiger partial charge in [0.2, 0.25) is 0 Å². The minimum absolute atomic E-state index is 0.00243. The highest BCUT2D eigenvalue weighted by molar-refractivity contribution is 6.06. The smallest absolute Gasteiger partial charge is 0.356 e. The molecule has 0 amide bonds. The Morgan fingerprint density at radius 2 is 1.45 bits per heavy atom. The minimum Gasteiger partial charge on any atom is -0.493 e. The third kappa shape index (κ3) is 2.65. The number of pyridine rings is 1. The van der Waals surface area contributed by atoms with Crippen LogP contribution in [0, 0.1) is 0 Å². The molecule has 0 saturated heterocycles. The first-order valence-corrected chi connectivity index (χ1v) is 6.29. The second kappa shape index (κ2) is 6.30. The van der Waals surface area contributed by atoms with Crippen molar-refractivity contribution in [1.82, 2.24) is 4.98 Å². The van der Waals surface area contributed by atoms with Gasteiger partial charge in [0.1, 0.15) is 5.69 Å². The van der Waals surface area contributed by atoms with Crippen molar-refractivity contribution in [3.63, 3.8) is 0 Å². The van der Waals surface area contributed by atoms with E-state index >= 15 is 0 Å². The molecule has 7 nitrogen and oxygen atoms in total. The molecule has 1 aromatic carbocycles. The summed E-state index contributed by atoms with van der Waals surface area (Å²) in [4.78, 5) is 27.9. The standard InChI is InChI=1S/C15H15NO6/c1-19-12-6-8-9(14(17)21-3)5-11(15(18)22-4)16-10(8)7-13(12)20-2/h5-7H,1-4H3. The topological polar surface area (TPSA) is 84.0 Å². The number of hydrogen-bond acceptors (Lipinski definition) is 7. The number of ether oxygens (including phenoxy) is 4. The van der Waals surface area contributed by atoms with E-state index in [1.165, 1.54) is 34.5 Å². The molecule has 0 spiro atoms. The Labute approximate surface area is 126 Å². The second-order valence-electron chi connectivity index (χ2n) is 4.26. The highest BCUT2D eigenvalue weighted by atomic mass is 16.5. The fourth-order valence-corrected chi connectivity index (χ4v) is 2.04. The number of benzene rings is 1. The van der Waals surface area contributed by atoms with E-state index in [4.69, 9.17) is 14.2 Å². The first-order valence-electron chi connectivity index (χ1n) is 6.29. The molecule has 1 aromatic heterocycles. The van der Waals surface area contributed by atoms with Crippen LogP contribution in [-0.2, 0) is 9.47 Å². The van der Waals surface area contributed by atoms with Crippen molar-refractivity contribution in [2.45, 2.75) is 0 Å². The van der Waals surface area contributed by atoms with Crippen molar-refractivity contribution in [2.75, 3.05) is 28.4 Å². The highest BCUT2D eigenvalue weighted by Crippen LogP contribution is 2.33. The maximum Gasteiger partial charge on any atom is 0.356 e. The Bertz CT molecular complexity index is 740. The normalized spacial score (nSPS) is 10.2. The molecule has 0 saturated carbocycles. The average molecular weight is 305 g/mol. The van der Waals surface area contributed by atoms with Crippen molar-refractivity contribution >= 4 is 22.8 Å². The van der Waals surface area contributed by atoms with Crippen LogP contribution >= 0.6 is 0 Å². The number of esters is 2. The zero-order valence-corrected chi connectivity index (χ0v) is 12.6. The summed E-state index contributed by atoms with van der Waals surface area (Å²) in [6, 6.07) is 4.51. The van der Waals surface area contributed by atoms with Crippen LogP contribution in [0.5, 0.6) is 11.5 Å². The van der Waals surface area contributed by atoms with Crippen LogP contribution in [0.2, 0.25) is 0 Å². The zero-order valence-electron chi connectivity index (χ0n) is 12.6. The molecule has 0 aliphatic heterocycles. The summed E-state index contributed by atoms with van der Waals surface area (Å²) in [5, 5.41) is 0.483. The third-order valence-corrected chi connectivity index (χ3v) is 3.11. The van der Waals surface area contributed by atoms with Crippen molar-refractivity contribution in [3.8, 4) is 11.5 Å². The lowest BCUT2D eigenvalue weighted by atomic mass is 10.1. The van der Waals surface area contributed by atoms with Crippen molar-refractivity contribution in [3.05, 3.63) is 29.5 Å². The summed E-state index contributed by atoms with van der Waals surface area (Å²) in [5.74, 6) is -0.375. The Morgan fingerprint density at radius 1 is 0.864 bits per heavy atom. The van der Waals surface area contributed by atoms with Gasteiger partial charge in [-0.05, 0) is 12.1 Å². The van der Waals surface area contributed by atoms with Gasteiger partial charge < -0.3 is 18.9 Å². The predicted molar refractivity (Wildman–Crippen MR) is 77.5 cm³/mol. The van der Waals surface area contributed by atoms with E-state index in [0.717, 1.165) is 0 Å². The molecule has 22 heavy (non-hydrogen) atoms. The highest BCUT2D eigenvalue weighted by Gasteiger charge is 2.19. The lowest BCUT2D eigenvalue weighted by Gasteiger charge is -2.12. The quantitative estimate of drug-likeness (QED) is 0.797. The van der Waals surface area contributed by atoms with Gasteiger partial charge in [0.25, 0.3) is 0 Å². The Balaban J connectivity index is 2.81. The Kier molecular flexibility index (Phi) is 4.45. The van der Waals surface area contributed by atoms with E-state index in [1.807, 2.05) is 0 Å².